The summed E-state index contributed by atoms with van der Waals surface area (Å²) >= 11 is 6.07. The normalized spacial score (nSPS) is 11.7. The van der Waals surface area contributed by atoms with E-state index in [2.05, 4.69) is 5.32 Å². The quantitative estimate of drug-likeness (QED) is 0.406. The van der Waals surface area contributed by atoms with Gasteiger partial charge < -0.3 is 15.0 Å². The van der Waals surface area contributed by atoms with E-state index in [9.17, 15) is 9.59 Å². The van der Waals surface area contributed by atoms with E-state index in [1.165, 1.54) is 0 Å². The summed E-state index contributed by atoms with van der Waals surface area (Å²) in [5.74, 6) is 0.203. The molecule has 0 fully saturated rings. The van der Waals surface area contributed by atoms with Gasteiger partial charge in [-0.3, -0.25) is 9.59 Å². The van der Waals surface area contributed by atoms with Crippen molar-refractivity contribution < 1.29 is 14.3 Å². The van der Waals surface area contributed by atoms with Crippen LogP contribution in [0.4, 0.5) is 0 Å². The van der Waals surface area contributed by atoms with Gasteiger partial charge in [0.2, 0.25) is 5.91 Å². The maximum Gasteiger partial charge on any atom is 0.261 e. The Morgan fingerprint density at radius 2 is 1.63 bits per heavy atom. The van der Waals surface area contributed by atoms with Crippen LogP contribution < -0.4 is 10.1 Å². The number of aryl methyl sites for hydroxylation is 2. The number of ether oxygens (including phenoxy) is 1. The summed E-state index contributed by atoms with van der Waals surface area (Å²) in [4.78, 5) is 28.6. The van der Waals surface area contributed by atoms with Crippen LogP contribution in [0, 0.1) is 13.8 Å². The summed E-state index contributed by atoms with van der Waals surface area (Å²) < 4.78 is 5.93. The molecule has 0 spiro atoms. The van der Waals surface area contributed by atoms with Gasteiger partial charge in [-0.05, 0) is 68.1 Å². The van der Waals surface area contributed by atoms with E-state index in [0.717, 1.165) is 22.3 Å². The number of nitrogens with one attached hydrogen (secondary N) is 1. The zero-order valence-electron chi connectivity index (χ0n) is 20.8. The van der Waals surface area contributed by atoms with Gasteiger partial charge in [-0.15, -0.1) is 0 Å². The van der Waals surface area contributed by atoms with Crippen molar-refractivity contribution >= 4 is 23.4 Å². The fraction of sp³-hybridized carbons (Fsp3) is 0.310. The molecule has 35 heavy (non-hydrogen) atoms. The predicted molar refractivity (Wildman–Crippen MR) is 141 cm³/mol. The van der Waals surface area contributed by atoms with Crippen LogP contribution in [0.25, 0.3) is 0 Å². The van der Waals surface area contributed by atoms with Crippen LogP contribution in [0.5, 0.6) is 5.75 Å². The van der Waals surface area contributed by atoms with E-state index in [4.69, 9.17) is 16.3 Å². The van der Waals surface area contributed by atoms with Crippen LogP contribution in [0.3, 0.4) is 0 Å². The molecule has 5 nitrogen and oxygen atoms in total. The van der Waals surface area contributed by atoms with Gasteiger partial charge in [-0.1, -0.05) is 66.2 Å². The lowest BCUT2D eigenvalue weighted by molar-refractivity contribution is -0.143. The number of halogens is 1. The summed E-state index contributed by atoms with van der Waals surface area (Å²) in [6.45, 7) is 7.83. The Balaban J connectivity index is 1.91. The molecule has 0 aliphatic carbocycles. The Morgan fingerprint density at radius 1 is 0.943 bits per heavy atom. The van der Waals surface area contributed by atoms with Crippen LogP contribution in [0.15, 0.2) is 72.8 Å². The van der Waals surface area contributed by atoms with Gasteiger partial charge in [0.15, 0.2) is 6.61 Å². The third-order valence-corrected chi connectivity index (χ3v) is 5.91. The molecular weight excluding hydrogens is 460 g/mol. The standard InChI is InChI=1S/C29H33ClN2O3/c1-20(2)31-29(34)26(17-23-8-6-5-7-9-23)32(18-24-12-14-25(30)15-13-24)28(33)19-35-27-16-21(3)10-11-22(27)4/h5-16,20,26H,17-19H2,1-4H3,(H,31,34)/t26-/m0/s1. The molecule has 0 heterocycles. The summed E-state index contributed by atoms with van der Waals surface area (Å²) in [6.07, 6.45) is 0.391. The molecule has 2 amide bonds. The second-order valence-electron chi connectivity index (χ2n) is 9.07. The SMILES string of the molecule is Cc1ccc(C)c(OCC(=O)N(Cc2ccc(Cl)cc2)[C@@H](Cc2ccccc2)C(=O)NC(C)C)c1. The van der Waals surface area contributed by atoms with Crippen LogP contribution in [-0.2, 0) is 22.6 Å². The number of hydrogen-bond donors (Lipinski definition) is 1. The summed E-state index contributed by atoms with van der Waals surface area (Å²) in [5.41, 5.74) is 3.85. The maximum atomic E-state index is 13.6. The lowest BCUT2D eigenvalue weighted by atomic mass is 10.0. The minimum Gasteiger partial charge on any atom is -0.483 e. The van der Waals surface area contributed by atoms with E-state index in [1.807, 2.05) is 88.4 Å². The monoisotopic (exact) mass is 492 g/mol. The van der Waals surface area contributed by atoms with Crippen molar-refractivity contribution in [2.24, 2.45) is 0 Å². The average Bonchev–Trinajstić information content (AvgIpc) is 2.83. The Bertz CT molecular complexity index is 1130. The lowest BCUT2D eigenvalue weighted by Crippen LogP contribution is -2.52. The molecule has 0 aliphatic rings. The fourth-order valence-corrected chi connectivity index (χ4v) is 3.93. The molecule has 0 saturated carbocycles. The van der Waals surface area contributed by atoms with Crippen molar-refractivity contribution in [3.05, 3.63) is 100 Å². The van der Waals surface area contributed by atoms with Gasteiger partial charge >= 0.3 is 0 Å². The average molecular weight is 493 g/mol. The molecule has 3 aromatic rings. The molecule has 0 aliphatic heterocycles. The van der Waals surface area contributed by atoms with Crippen molar-refractivity contribution in [1.82, 2.24) is 10.2 Å². The van der Waals surface area contributed by atoms with Gasteiger partial charge in [0.05, 0.1) is 0 Å². The van der Waals surface area contributed by atoms with Crippen molar-refractivity contribution in [2.75, 3.05) is 6.61 Å². The second-order valence-corrected chi connectivity index (χ2v) is 9.51. The topological polar surface area (TPSA) is 58.6 Å². The van der Waals surface area contributed by atoms with Crippen molar-refractivity contribution in [3.8, 4) is 5.75 Å². The molecule has 0 radical (unpaired) electrons. The van der Waals surface area contributed by atoms with Crippen LogP contribution in [0.2, 0.25) is 5.02 Å². The Kier molecular flexibility index (Phi) is 9.32. The van der Waals surface area contributed by atoms with Gasteiger partial charge in [0, 0.05) is 24.0 Å². The Morgan fingerprint density at radius 3 is 2.29 bits per heavy atom. The Labute approximate surface area is 213 Å². The van der Waals surface area contributed by atoms with E-state index in [1.54, 1.807) is 17.0 Å². The van der Waals surface area contributed by atoms with Gasteiger partial charge in [0.1, 0.15) is 11.8 Å². The van der Waals surface area contributed by atoms with Crippen LogP contribution in [-0.4, -0.2) is 35.4 Å². The highest BCUT2D eigenvalue weighted by atomic mass is 35.5. The summed E-state index contributed by atoms with van der Waals surface area (Å²) in [6, 6.07) is 22.2. The molecule has 6 heteroatoms. The number of benzene rings is 3. The molecular formula is C29H33ClN2O3. The molecule has 184 valence electrons. The Hall–Kier alpha value is -3.31. The van der Waals surface area contributed by atoms with Crippen molar-refractivity contribution in [3.63, 3.8) is 0 Å². The number of hydrogen-bond acceptors (Lipinski definition) is 3. The highest BCUT2D eigenvalue weighted by Gasteiger charge is 2.31. The first-order valence-electron chi connectivity index (χ1n) is 11.8. The van der Waals surface area contributed by atoms with Gasteiger partial charge in [-0.25, -0.2) is 0 Å². The van der Waals surface area contributed by atoms with Crippen molar-refractivity contribution in [1.29, 1.82) is 0 Å². The molecule has 3 aromatic carbocycles. The molecule has 3 rings (SSSR count). The summed E-state index contributed by atoms with van der Waals surface area (Å²) in [7, 11) is 0. The smallest absolute Gasteiger partial charge is 0.261 e. The molecule has 0 aromatic heterocycles. The number of carbonyl (C=O) groups is 2. The predicted octanol–water partition coefficient (Wildman–Crippen LogP) is 5.50. The van der Waals surface area contributed by atoms with Crippen molar-refractivity contribution in [2.45, 2.75) is 52.7 Å². The first-order valence-corrected chi connectivity index (χ1v) is 12.2. The van der Waals surface area contributed by atoms with Crippen LogP contribution in [0.1, 0.15) is 36.1 Å². The lowest BCUT2D eigenvalue weighted by Gasteiger charge is -2.32. The highest BCUT2D eigenvalue weighted by molar-refractivity contribution is 6.30. The van der Waals surface area contributed by atoms with Gasteiger partial charge in [0.25, 0.3) is 5.91 Å². The summed E-state index contributed by atoms with van der Waals surface area (Å²) in [5, 5.41) is 3.60. The molecule has 0 unspecified atom stereocenters. The second kappa shape index (κ2) is 12.4. The zero-order chi connectivity index (χ0) is 25.4. The van der Waals surface area contributed by atoms with E-state index in [-0.39, 0.29) is 31.0 Å². The number of nitrogens with zero attached hydrogens (tertiary/aromatic N) is 1. The largest absolute Gasteiger partial charge is 0.483 e. The molecule has 1 N–H and O–H groups in total. The highest BCUT2D eigenvalue weighted by Crippen LogP contribution is 2.21. The zero-order valence-corrected chi connectivity index (χ0v) is 21.5. The molecule has 0 bridgehead atoms. The molecule has 1 atom stereocenters. The first-order chi connectivity index (χ1) is 16.7. The van der Waals surface area contributed by atoms with E-state index in [0.29, 0.717) is 17.2 Å². The minimum atomic E-state index is -0.704. The van der Waals surface area contributed by atoms with E-state index >= 15 is 0 Å². The third-order valence-electron chi connectivity index (χ3n) is 5.66. The van der Waals surface area contributed by atoms with E-state index < -0.39 is 6.04 Å². The fourth-order valence-electron chi connectivity index (χ4n) is 3.81. The number of carbonyl (C=O) groups excluding carboxylic acids is 2. The van der Waals surface area contributed by atoms with Crippen LogP contribution >= 0.6 is 11.6 Å². The molecule has 0 saturated heterocycles. The number of amides is 2. The third kappa shape index (κ3) is 7.86. The minimum absolute atomic E-state index is 0.0561. The maximum absolute atomic E-state index is 13.6. The first kappa shape index (κ1) is 26.3. The number of rotatable bonds is 10. The van der Waals surface area contributed by atoms with Gasteiger partial charge in [-0.2, -0.15) is 0 Å².